The third-order valence-electron chi connectivity index (χ3n) is 8.64. The van der Waals surface area contributed by atoms with Crippen LogP contribution >= 0.6 is 11.6 Å². The number of carbonyl (C=O) groups is 1. The molecule has 3 aliphatic rings. The molecule has 9 nitrogen and oxygen atoms in total. The maximum Gasteiger partial charge on any atom is 0.242 e. The summed E-state index contributed by atoms with van der Waals surface area (Å²) in [6.07, 6.45) is 10.4. The molecular weight excluding hydrogens is 524 g/mol. The zero-order chi connectivity index (χ0) is 27.4. The molecule has 7 rings (SSSR count). The highest BCUT2D eigenvalue weighted by molar-refractivity contribution is 6.31. The van der Waals surface area contributed by atoms with E-state index in [9.17, 15) is 4.79 Å². The summed E-state index contributed by atoms with van der Waals surface area (Å²) >= 11 is 6.85. The van der Waals surface area contributed by atoms with Crippen LogP contribution in [0.25, 0.3) is 22.3 Å². The molecule has 0 radical (unpaired) electrons. The average molecular weight is 557 g/mol. The second kappa shape index (κ2) is 9.74. The number of carbonyl (C=O) groups excluding carboxylic acids is 1. The molecule has 5 N–H and O–H groups in total. The van der Waals surface area contributed by atoms with Crippen LogP contribution in [-0.4, -0.2) is 50.1 Å². The van der Waals surface area contributed by atoms with Crippen LogP contribution in [0.4, 0.5) is 11.5 Å². The van der Waals surface area contributed by atoms with E-state index < -0.39 is 5.54 Å². The van der Waals surface area contributed by atoms with Gasteiger partial charge in [-0.15, -0.1) is 0 Å². The normalized spacial score (nSPS) is 20.6. The van der Waals surface area contributed by atoms with E-state index in [2.05, 4.69) is 49.4 Å². The van der Waals surface area contributed by atoms with E-state index in [-0.39, 0.29) is 11.9 Å². The predicted molar refractivity (Wildman–Crippen MR) is 157 cm³/mol. The van der Waals surface area contributed by atoms with Crippen molar-refractivity contribution in [3.05, 3.63) is 64.7 Å². The first-order valence-corrected chi connectivity index (χ1v) is 14.5. The van der Waals surface area contributed by atoms with E-state index in [1.807, 2.05) is 10.6 Å². The third kappa shape index (κ3) is 4.47. The van der Waals surface area contributed by atoms with E-state index in [0.717, 1.165) is 42.5 Å². The average Bonchev–Trinajstić information content (AvgIpc) is 3.53. The zero-order valence-corrected chi connectivity index (χ0v) is 23.1. The van der Waals surface area contributed by atoms with E-state index in [4.69, 9.17) is 23.1 Å². The van der Waals surface area contributed by atoms with Crippen LogP contribution in [0, 0.1) is 0 Å². The molecule has 1 amide bonds. The van der Waals surface area contributed by atoms with Crippen molar-refractivity contribution in [1.82, 2.24) is 24.8 Å². The van der Waals surface area contributed by atoms with Gasteiger partial charge in [-0.05, 0) is 79.3 Å². The van der Waals surface area contributed by atoms with Crippen molar-refractivity contribution in [3.63, 3.8) is 0 Å². The number of nitrogens with two attached hydrogens (primary N) is 2. The van der Waals surface area contributed by atoms with Gasteiger partial charge < -0.3 is 26.3 Å². The Morgan fingerprint density at radius 3 is 2.83 bits per heavy atom. The summed E-state index contributed by atoms with van der Waals surface area (Å²) in [6, 6.07) is 10.9. The molecule has 4 aromatic rings. The zero-order valence-electron chi connectivity index (χ0n) is 22.4. The summed E-state index contributed by atoms with van der Waals surface area (Å²) in [5, 5.41) is 3.77. The lowest BCUT2D eigenvalue weighted by Crippen LogP contribution is -2.56. The van der Waals surface area contributed by atoms with Crippen LogP contribution in [0.5, 0.6) is 0 Å². The number of anilines is 2. The summed E-state index contributed by atoms with van der Waals surface area (Å²) < 4.78 is 2.00. The number of rotatable bonds is 6. The molecule has 2 aromatic heterocycles. The van der Waals surface area contributed by atoms with Crippen molar-refractivity contribution >= 4 is 40.2 Å². The van der Waals surface area contributed by atoms with Crippen molar-refractivity contribution in [1.29, 1.82) is 0 Å². The number of nitrogen functional groups attached to an aromatic ring is 1. The minimum absolute atomic E-state index is 0.0637. The number of benzene rings is 2. The second-order valence-corrected chi connectivity index (χ2v) is 11.9. The van der Waals surface area contributed by atoms with Gasteiger partial charge in [0.25, 0.3) is 0 Å². The standard InChI is InChI=1S/C30H33ClN8O/c31-19-12-23(22-7-3-5-18-4-1-2-6-21(18)22)24(14-39-17-36-26-27(32)34-16-35-28(26)39)25(13-19)38-11-10-30(33,15-38)29(40)37-20-8-9-20/h3,5,7,12-13,16-17,20H,1-2,4,6,8-11,14-15,33H2,(H,37,40)(H2,32,34,35). The number of aryl methyl sites for hydroxylation is 1. The smallest absolute Gasteiger partial charge is 0.242 e. The number of fused-ring (bicyclic) bond motifs is 2. The number of nitrogens with zero attached hydrogens (tertiary/aromatic N) is 5. The largest absolute Gasteiger partial charge is 0.382 e. The summed E-state index contributed by atoms with van der Waals surface area (Å²) in [5.74, 6) is 0.290. The molecule has 1 unspecified atom stereocenters. The van der Waals surface area contributed by atoms with Gasteiger partial charge in [-0.25, -0.2) is 15.0 Å². The fourth-order valence-corrected chi connectivity index (χ4v) is 6.52. The van der Waals surface area contributed by atoms with Gasteiger partial charge in [0.05, 0.1) is 12.9 Å². The SMILES string of the molecule is Nc1ncnc2c1ncn2Cc1c(-c2cccc3c2CCCC3)cc(Cl)cc1N1CCC(N)(C(=O)NC2CC2)C1. The lowest BCUT2D eigenvalue weighted by Gasteiger charge is -2.28. The van der Waals surface area contributed by atoms with Crippen molar-refractivity contribution in [2.45, 2.75) is 63.1 Å². The summed E-state index contributed by atoms with van der Waals surface area (Å²) in [6.45, 7) is 1.58. The lowest BCUT2D eigenvalue weighted by molar-refractivity contribution is -0.125. The van der Waals surface area contributed by atoms with Gasteiger partial charge in [-0.2, -0.15) is 0 Å². The molecule has 206 valence electrons. The van der Waals surface area contributed by atoms with Gasteiger partial charge in [0.1, 0.15) is 17.4 Å². The quantitative estimate of drug-likeness (QED) is 0.329. The highest BCUT2D eigenvalue weighted by atomic mass is 35.5. The minimum Gasteiger partial charge on any atom is -0.382 e. The second-order valence-electron chi connectivity index (χ2n) is 11.5. The van der Waals surface area contributed by atoms with Gasteiger partial charge in [0.15, 0.2) is 11.5 Å². The topological polar surface area (TPSA) is 128 Å². The minimum atomic E-state index is -0.947. The Bertz CT molecular complexity index is 1630. The Hall–Kier alpha value is -3.69. The molecule has 40 heavy (non-hydrogen) atoms. The highest BCUT2D eigenvalue weighted by Crippen LogP contribution is 2.41. The Labute approximate surface area is 237 Å². The molecule has 0 bridgehead atoms. The highest BCUT2D eigenvalue weighted by Gasteiger charge is 2.43. The van der Waals surface area contributed by atoms with Crippen molar-refractivity contribution in [2.24, 2.45) is 5.73 Å². The van der Waals surface area contributed by atoms with Gasteiger partial charge >= 0.3 is 0 Å². The number of imidazole rings is 1. The maximum atomic E-state index is 13.1. The van der Waals surface area contributed by atoms with E-state index >= 15 is 0 Å². The monoisotopic (exact) mass is 556 g/mol. The lowest BCUT2D eigenvalue weighted by atomic mass is 9.84. The van der Waals surface area contributed by atoms with Crippen LogP contribution in [0.1, 0.15) is 48.8 Å². The predicted octanol–water partition coefficient (Wildman–Crippen LogP) is 3.84. The van der Waals surface area contributed by atoms with Crippen molar-refractivity contribution in [2.75, 3.05) is 23.7 Å². The Morgan fingerprint density at radius 1 is 1.12 bits per heavy atom. The number of amides is 1. The Balaban J connectivity index is 1.36. The first-order valence-electron chi connectivity index (χ1n) is 14.1. The van der Waals surface area contributed by atoms with Gasteiger partial charge in [-0.3, -0.25) is 4.79 Å². The molecular formula is C30H33ClN8O. The first-order chi connectivity index (χ1) is 19.4. The maximum absolute atomic E-state index is 13.1. The fraction of sp³-hybridized carbons (Fsp3) is 0.400. The summed E-state index contributed by atoms with van der Waals surface area (Å²) in [7, 11) is 0. The number of nitrogens with one attached hydrogen (secondary N) is 1. The molecule has 2 aromatic carbocycles. The number of halogens is 1. The first kappa shape index (κ1) is 25.3. The van der Waals surface area contributed by atoms with Crippen molar-refractivity contribution in [3.8, 4) is 11.1 Å². The number of aromatic nitrogens is 4. The van der Waals surface area contributed by atoms with E-state index in [0.29, 0.717) is 48.1 Å². The molecule has 1 atom stereocenters. The Morgan fingerprint density at radius 2 is 1.98 bits per heavy atom. The number of hydrogen-bond donors (Lipinski definition) is 3. The molecule has 3 heterocycles. The third-order valence-corrected chi connectivity index (χ3v) is 8.86. The van der Waals surface area contributed by atoms with Gasteiger partial charge in [-0.1, -0.05) is 29.8 Å². The Kier molecular flexibility index (Phi) is 6.16. The summed E-state index contributed by atoms with van der Waals surface area (Å²) in [4.78, 5) is 28.4. The summed E-state index contributed by atoms with van der Waals surface area (Å²) in [5.41, 5.74) is 20.3. The van der Waals surface area contributed by atoms with Crippen LogP contribution < -0.4 is 21.7 Å². The van der Waals surface area contributed by atoms with Gasteiger partial charge in [0, 0.05) is 35.4 Å². The van der Waals surface area contributed by atoms with E-state index in [1.165, 1.54) is 35.9 Å². The van der Waals surface area contributed by atoms with Crippen LogP contribution in [0.15, 0.2) is 43.0 Å². The number of hydrogen-bond acceptors (Lipinski definition) is 7. The van der Waals surface area contributed by atoms with Crippen LogP contribution in [-0.2, 0) is 24.2 Å². The molecule has 2 fully saturated rings. The van der Waals surface area contributed by atoms with Crippen LogP contribution in [0.3, 0.4) is 0 Å². The van der Waals surface area contributed by atoms with E-state index in [1.54, 1.807) is 6.33 Å². The molecule has 1 saturated carbocycles. The fourth-order valence-electron chi connectivity index (χ4n) is 6.31. The van der Waals surface area contributed by atoms with Crippen LogP contribution in [0.2, 0.25) is 5.02 Å². The molecule has 10 heteroatoms. The molecule has 1 saturated heterocycles. The molecule has 0 spiro atoms. The van der Waals surface area contributed by atoms with Crippen molar-refractivity contribution < 1.29 is 4.79 Å². The molecule has 2 aliphatic carbocycles. The molecule has 1 aliphatic heterocycles. The van der Waals surface area contributed by atoms with Gasteiger partial charge in [0.2, 0.25) is 5.91 Å².